The summed E-state index contributed by atoms with van der Waals surface area (Å²) in [5.41, 5.74) is 1.63. The lowest BCUT2D eigenvalue weighted by atomic mass is 10.1. The molecule has 0 aliphatic carbocycles. The van der Waals surface area contributed by atoms with E-state index in [1.54, 1.807) is 11.1 Å². The van der Waals surface area contributed by atoms with Crippen LogP contribution in [0.3, 0.4) is 0 Å². The van der Waals surface area contributed by atoms with E-state index in [0.717, 1.165) is 17.2 Å². The van der Waals surface area contributed by atoms with Crippen molar-refractivity contribution in [2.24, 2.45) is 7.05 Å². The van der Waals surface area contributed by atoms with E-state index >= 15 is 0 Å². The smallest absolute Gasteiger partial charge is 0.249 e. The van der Waals surface area contributed by atoms with Gasteiger partial charge in [0.05, 0.1) is 11.4 Å². The van der Waals surface area contributed by atoms with Gasteiger partial charge in [-0.15, -0.1) is 5.10 Å². The Morgan fingerprint density at radius 3 is 2.76 bits per heavy atom. The van der Waals surface area contributed by atoms with Crippen molar-refractivity contribution < 1.29 is 9.53 Å². The maximum Gasteiger partial charge on any atom is 0.249 e. The number of carbonyl (C=O) groups is 1. The number of aryl methyl sites for hydroxylation is 3. The van der Waals surface area contributed by atoms with Crippen LogP contribution in [0.5, 0.6) is 0 Å². The molecule has 1 amide bonds. The minimum atomic E-state index is -0.266. The van der Waals surface area contributed by atoms with Gasteiger partial charge in [0.25, 0.3) is 0 Å². The average Bonchev–Trinajstić information content (AvgIpc) is 3.02. The van der Waals surface area contributed by atoms with Gasteiger partial charge in [0.2, 0.25) is 11.9 Å². The summed E-state index contributed by atoms with van der Waals surface area (Å²) in [6.45, 7) is 6.82. The second-order valence-electron chi connectivity index (χ2n) is 6.06. The van der Waals surface area contributed by atoms with Crippen molar-refractivity contribution in [3.8, 4) is 0 Å². The summed E-state index contributed by atoms with van der Waals surface area (Å²) in [7, 11) is 1.91. The maximum absolute atomic E-state index is 12.3. The predicted molar refractivity (Wildman–Crippen MR) is 90.9 cm³/mol. The molecule has 3 rings (SSSR count). The highest BCUT2D eigenvalue weighted by Gasteiger charge is 2.39. The Bertz CT molecular complexity index is 761. The topological polar surface area (TPSA) is 98.1 Å². The lowest BCUT2D eigenvalue weighted by Gasteiger charge is -2.40. The monoisotopic (exact) mass is 345 g/mol. The van der Waals surface area contributed by atoms with Crippen LogP contribution in [-0.2, 0) is 16.6 Å². The minimum Gasteiger partial charge on any atom is -0.364 e. The van der Waals surface area contributed by atoms with Crippen LogP contribution in [0.25, 0.3) is 0 Å². The molecule has 1 aliphatic rings. The Kier molecular flexibility index (Phi) is 4.93. The lowest BCUT2D eigenvalue weighted by molar-refractivity contribution is -0.156. The standard InChI is InChI=1S/C16H23N7O2/c1-5-23-13(24)9-25-12(14(23)15-17-6-7-22(15)4)8-18-16-19-10(2)11(3)20-21-16/h6-7,12,14H,5,8-9H2,1-4H3,(H,18,19,21)/t12-,14+/m0/s1. The van der Waals surface area contributed by atoms with Crippen molar-refractivity contribution in [1.82, 2.24) is 29.6 Å². The van der Waals surface area contributed by atoms with Crippen LogP contribution >= 0.6 is 0 Å². The third kappa shape index (κ3) is 3.46. The Morgan fingerprint density at radius 2 is 2.12 bits per heavy atom. The fraction of sp³-hybridized carbons (Fsp3) is 0.562. The van der Waals surface area contributed by atoms with Crippen molar-refractivity contribution in [1.29, 1.82) is 0 Å². The van der Waals surface area contributed by atoms with E-state index in [4.69, 9.17) is 4.74 Å². The van der Waals surface area contributed by atoms with E-state index in [0.29, 0.717) is 19.0 Å². The van der Waals surface area contributed by atoms with Crippen LogP contribution in [-0.4, -0.2) is 61.3 Å². The van der Waals surface area contributed by atoms with Crippen molar-refractivity contribution in [3.05, 3.63) is 29.6 Å². The van der Waals surface area contributed by atoms with Gasteiger partial charge in [0.1, 0.15) is 24.6 Å². The van der Waals surface area contributed by atoms with Crippen LogP contribution in [0.15, 0.2) is 12.4 Å². The zero-order chi connectivity index (χ0) is 18.0. The van der Waals surface area contributed by atoms with Crippen molar-refractivity contribution >= 4 is 11.9 Å². The summed E-state index contributed by atoms with van der Waals surface area (Å²) in [5.74, 6) is 1.21. The second kappa shape index (κ2) is 7.14. The largest absolute Gasteiger partial charge is 0.364 e. The molecule has 9 heteroatoms. The van der Waals surface area contributed by atoms with Crippen LogP contribution in [0.1, 0.15) is 30.2 Å². The van der Waals surface area contributed by atoms with Gasteiger partial charge in [0.15, 0.2) is 0 Å². The first kappa shape index (κ1) is 17.3. The number of nitrogens with one attached hydrogen (secondary N) is 1. The predicted octanol–water partition coefficient (Wildman–Crippen LogP) is 0.622. The highest BCUT2D eigenvalue weighted by Crippen LogP contribution is 2.28. The molecule has 134 valence electrons. The van der Waals surface area contributed by atoms with Gasteiger partial charge < -0.3 is 19.5 Å². The summed E-state index contributed by atoms with van der Waals surface area (Å²) in [5, 5.41) is 11.3. The summed E-state index contributed by atoms with van der Waals surface area (Å²) in [6, 6.07) is -0.266. The first-order chi connectivity index (χ1) is 12.0. The third-order valence-electron chi connectivity index (χ3n) is 4.45. The molecule has 0 spiro atoms. The molecule has 0 bridgehead atoms. The van der Waals surface area contributed by atoms with Gasteiger partial charge in [0, 0.05) is 32.5 Å². The summed E-state index contributed by atoms with van der Waals surface area (Å²) in [6.07, 6.45) is 3.33. The molecule has 9 nitrogen and oxygen atoms in total. The van der Waals surface area contributed by atoms with Gasteiger partial charge >= 0.3 is 0 Å². The van der Waals surface area contributed by atoms with E-state index in [1.807, 2.05) is 38.6 Å². The molecule has 3 heterocycles. The zero-order valence-corrected chi connectivity index (χ0v) is 14.9. The first-order valence-corrected chi connectivity index (χ1v) is 8.31. The fourth-order valence-electron chi connectivity index (χ4n) is 2.94. The molecule has 1 saturated heterocycles. The van der Waals surface area contributed by atoms with Crippen LogP contribution in [0, 0.1) is 13.8 Å². The number of anilines is 1. The quantitative estimate of drug-likeness (QED) is 0.848. The molecular weight excluding hydrogens is 322 g/mol. The number of imidazole rings is 1. The van der Waals surface area contributed by atoms with Crippen molar-refractivity contribution in [2.45, 2.75) is 32.9 Å². The number of hydrogen-bond donors (Lipinski definition) is 1. The Morgan fingerprint density at radius 1 is 1.32 bits per heavy atom. The third-order valence-corrected chi connectivity index (χ3v) is 4.45. The number of hydrogen-bond acceptors (Lipinski definition) is 7. The number of amides is 1. The Balaban J connectivity index is 1.81. The van der Waals surface area contributed by atoms with Crippen LogP contribution < -0.4 is 5.32 Å². The molecule has 0 aromatic carbocycles. The number of carbonyl (C=O) groups excluding carboxylic acids is 1. The summed E-state index contributed by atoms with van der Waals surface area (Å²) >= 11 is 0. The molecule has 1 fully saturated rings. The maximum atomic E-state index is 12.3. The van der Waals surface area contributed by atoms with Gasteiger partial charge in [-0.25, -0.2) is 9.97 Å². The molecule has 2 aromatic heterocycles. The van der Waals surface area contributed by atoms with E-state index in [1.165, 1.54) is 0 Å². The van der Waals surface area contributed by atoms with Gasteiger partial charge in [-0.2, -0.15) is 5.10 Å². The molecule has 25 heavy (non-hydrogen) atoms. The Labute approximate surface area is 146 Å². The van der Waals surface area contributed by atoms with E-state index in [9.17, 15) is 4.79 Å². The zero-order valence-electron chi connectivity index (χ0n) is 14.9. The van der Waals surface area contributed by atoms with E-state index in [-0.39, 0.29) is 24.7 Å². The number of likely N-dealkylation sites (N-methyl/N-ethyl adjacent to an activating group) is 1. The Hall–Kier alpha value is -2.55. The molecule has 1 N–H and O–H groups in total. The molecule has 0 radical (unpaired) electrons. The molecule has 2 aromatic rings. The molecular formula is C16H23N7O2. The summed E-state index contributed by atoms with van der Waals surface area (Å²) < 4.78 is 7.72. The van der Waals surface area contributed by atoms with Crippen LogP contribution in [0.2, 0.25) is 0 Å². The highest BCUT2D eigenvalue weighted by molar-refractivity contribution is 5.78. The van der Waals surface area contributed by atoms with Crippen LogP contribution in [0.4, 0.5) is 5.95 Å². The number of aromatic nitrogens is 5. The summed E-state index contributed by atoms with van der Waals surface area (Å²) in [4.78, 5) is 22.9. The van der Waals surface area contributed by atoms with Crippen molar-refractivity contribution in [3.63, 3.8) is 0 Å². The highest BCUT2D eigenvalue weighted by atomic mass is 16.5. The van der Waals surface area contributed by atoms with Crippen molar-refractivity contribution in [2.75, 3.05) is 25.0 Å². The van der Waals surface area contributed by atoms with E-state index < -0.39 is 0 Å². The van der Waals surface area contributed by atoms with E-state index in [2.05, 4.69) is 25.5 Å². The number of morpholine rings is 1. The van der Waals surface area contributed by atoms with Gasteiger partial charge in [-0.05, 0) is 20.8 Å². The van der Waals surface area contributed by atoms with Gasteiger partial charge in [-0.3, -0.25) is 4.79 Å². The number of ether oxygens (including phenoxy) is 1. The number of nitrogens with zero attached hydrogens (tertiary/aromatic N) is 6. The number of rotatable bonds is 5. The normalized spacial score (nSPS) is 20.8. The minimum absolute atomic E-state index is 0.0316. The molecule has 1 aliphatic heterocycles. The SMILES string of the molecule is CCN1C(=O)CO[C@@H](CNc2nnc(C)c(C)n2)[C@@H]1c1nccn1C. The lowest BCUT2D eigenvalue weighted by Crippen LogP contribution is -2.51. The molecule has 2 atom stereocenters. The van der Waals surface area contributed by atoms with Gasteiger partial charge in [-0.1, -0.05) is 0 Å². The second-order valence-corrected chi connectivity index (χ2v) is 6.06. The fourth-order valence-corrected chi connectivity index (χ4v) is 2.94. The average molecular weight is 345 g/mol. The first-order valence-electron chi connectivity index (χ1n) is 8.31. The molecule has 0 saturated carbocycles. The molecule has 0 unspecified atom stereocenters.